The number of nitrogens with one attached hydrogen (secondary N) is 1. The Morgan fingerprint density at radius 2 is 2.37 bits per heavy atom. The normalized spacial score (nSPS) is 11.2. The van der Waals surface area contributed by atoms with Crippen molar-refractivity contribution in [1.29, 1.82) is 0 Å². The van der Waals surface area contributed by atoms with Crippen LogP contribution >= 0.6 is 0 Å². The molecule has 0 aromatic carbocycles. The lowest BCUT2D eigenvalue weighted by atomic mass is 10.1. The second kappa shape index (κ2) is 7.88. The molecule has 0 aliphatic heterocycles. The van der Waals surface area contributed by atoms with Crippen molar-refractivity contribution >= 4 is 11.9 Å². The Morgan fingerprint density at radius 3 is 2.95 bits per heavy atom. The van der Waals surface area contributed by atoms with E-state index in [-0.39, 0.29) is 5.91 Å². The third kappa shape index (κ3) is 4.80. The number of hydrogen-bond donors (Lipinski definition) is 1. The average molecular weight is 260 g/mol. The molecule has 0 bridgehead atoms. The van der Waals surface area contributed by atoms with Gasteiger partial charge in [0.1, 0.15) is 6.04 Å². The van der Waals surface area contributed by atoms with Gasteiger partial charge in [-0.25, -0.2) is 4.79 Å². The summed E-state index contributed by atoms with van der Waals surface area (Å²) >= 11 is 0. The molecule has 19 heavy (non-hydrogen) atoms. The summed E-state index contributed by atoms with van der Waals surface area (Å²) in [5.74, 6) is 1.66. The minimum Gasteiger partial charge on any atom is -0.467 e. The van der Waals surface area contributed by atoms with Gasteiger partial charge in [-0.3, -0.25) is 9.78 Å². The zero-order valence-electron chi connectivity index (χ0n) is 10.8. The Labute approximate surface area is 112 Å². The van der Waals surface area contributed by atoms with E-state index in [1.807, 2.05) is 0 Å². The number of terminal acetylenes is 1. The fraction of sp³-hybridized carbons (Fsp3) is 0.357. The largest absolute Gasteiger partial charge is 0.467 e. The number of hydrogen-bond acceptors (Lipinski definition) is 4. The summed E-state index contributed by atoms with van der Waals surface area (Å²) in [6.45, 7) is 0. The van der Waals surface area contributed by atoms with Crippen molar-refractivity contribution in [2.24, 2.45) is 0 Å². The third-order valence-corrected chi connectivity index (χ3v) is 2.53. The first-order valence-electron chi connectivity index (χ1n) is 5.91. The van der Waals surface area contributed by atoms with Crippen molar-refractivity contribution in [2.75, 3.05) is 7.11 Å². The minimum absolute atomic E-state index is 0.357. The topological polar surface area (TPSA) is 68.3 Å². The zero-order valence-corrected chi connectivity index (χ0v) is 10.8. The Bertz CT molecular complexity index is 465. The van der Waals surface area contributed by atoms with Crippen LogP contribution in [0.4, 0.5) is 0 Å². The number of esters is 1. The van der Waals surface area contributed by atoms with E-state index >= 15 is 0 Å². The van der Waals surface area contributed by atoms with Gasteiger partial charge < -0.3 is 10.1 Å². The van der Waals surface area contributed by atoms with E-state index in [0.717, 1.165) is 0 Å². The first kappa shape index (κ1) is 14.7. The zero-order chi connectivity index (χ0) is 14.1. The number of carbonyl (C=O) groups excluding carboxylic acids is 2. The van der Waals surface area contributed by atoms with Crippen LogP contribution in [-0.4, -0.2) is 30.0 Å². The summed E-state index contributed by atoms with van der Waals surface area (Å²) in [6, 6.07) is 2.59. The molecule has 5 heteroatoms. The van der Waals surface area contributed by atoms with E-state index in [1.165, 1.54) is 13.3 Å². The number of pyridine rings is 1. The Kier molecular flexibility index (Phi) is 6.10. The summed E-state index contributed by atoms with van der Waals surface area (Å²) < 4.78 is 4.66. The predicted molar refractivity (Wildman–Crippen MR) is 70.2 cm³/mol. The van der Waals surface area contributed by atoms with Crippen molar-refractivity contribution in [3.63, 3.8) is 0 Å². The molecule has 1 aromatic rings. The van der Waals surface area contributed by atoms with E-state index in [9.17, 15) is 9.59 Å². The van der Waals surface area contributed by atoms with Crippen LogP contribution in [0.25, 0.3) is 0 Å². The molecule has 0 fully saturated rings. The van der Waals surface area contributed by atoms with Crippen molar-refractivity contribution in [3.8, 4) is 12.3 Å². The van der Waals surface area contributed by atoms with Crippen molar-refractivity contribution in [3.05, 3.63) is 30.1 Å². The van der Waals surface area contributed by atoms with Crippen LogP contribution in [0.2, 0.25) is 0 Å². The van der Waals surface area contributed by atoms with Gasteiger partial charge in [0, 0.05) is 18.8 Å². The first-order chi connectivity index (χ1) is 9.19. The summed E-state index contributed by atoms with van der Waals surface area (Å²) in [5.41, 5.74) is 0.397. The summed E-state index contributed by atoms with van der Waals surface area (Å²) in [5, 5.41) is 2.62. The minimum atomic E-state index is -0.689. The fourth-order valence-corrected chi connectivity index (χ4v) is 1.54. The third-order valence-electron chi connectivity index (χ3n) is 2.53. The molecule has 0 radical (unpaired) electrons. The molecule has 0 spiro atoms. The highest BCUT2D eigenvalue weighted by Crippen LogP contribution is 2.04. The first-order valence-corrected chi connectivity index (χ1v) is 5.91. The molecule has 0 saturated heterocycles. The van der Waals surface area contributed by atoms with Crippen LogP contribution in [0.15, 0.2) is 24.5 Å². The molecule has 0 unspecified atom stereocenters. The van der Waals surface area contributed by atoms with Crippen LogP contribution in [0.5, 0.6) is 0 Å². The molecule has 5 nitrogen and oxygen atoms in total. The fourth-order valence-electron chi connectivity index (χ4n) is 1.54. The molecule has 1 N–H and O–H groups in total. The van der Waals surface area contributed by atoms with Gasteiger partial charge in [0.2, 0.25) is 0 Å². The number of methoxy groups -OCH3 is 1. The highest BCUT2D eigenvalue weighted by Gasteiger charge is 2.21. The van der Waals surface area contributed by atoms with Gasteiger partial charge in [0.25, 0.3) is 5.91 Å². The Hall–Kier alpha value is -2.35. The predicted octanol–water partition coefficient (Wildman–Crippen LogP) is 1.16. The quantitative estimate of drug-likeness (QED) is 0.473. The van der Waals surface area contributed by atoms with Gasteiger partial charge in [-0.05, 0) is 25.0 Å². The average Bonchev–Trinajstić information content (AvgIpc) is 2.46. The van der Waals surface area contributed by atoms with Gasteiger partial charge in [-0.2, -0.15) is 0 Å². The van der Waals surface area contributed by atoms with Crippen LogP contribution in [0, 0.1) is 12.3 Å². The molecule has 0 saturated carbocycles. The molecular weight excluding hydrogens is 244 g/mol. The van der Waals surface area contributed by atoms with Gasteiger partial charge in [0.05, 0.1) is 12.7 Å². The summed E-state index contributed by atoms with van der Waals surface area (Å²) in [6.07, 6.45) is 9.80. The van der Waals surface area contributed by atoms with E-state index in [4.69, 9.17) is 6.42 Å². The van der Waals surface area contributed by atoms with E-state index < -0.39 is 12.0 Å². The summed E-state index contributed by atoms with van der Waals surface area (Å²) in [7, 11) is 1.28. The standard InChI is InChI=1S/C14H16N2O3/c1-3-4-5-8-12(14(18)19-2)16-13(17)11-7-6-9-15-10-11/h1,6-7,9-10,12H,4-5,8H2,2H3,(H,16,17)/t12-/m0/s1. The number of nitrogens with zero attached hydrogens (tertiary/aromatic N) is 1. The van der Waals surface area contributed by atoms with Gasteiger partial charge in [-0.1, -0.05) is 0 Å². The lowest BCUT2D eigenvalue weighted by Gasteiger charge is -2.15. The molecule has 100 valence electrons. The SMILES string of the molecule is C#CCCC[C@H](NC(=O)c1cccnc1)C(=O)OC. The highest BCUT2D eigenvalue weighted by molar-refractivity contribution is 5.96. The Balaban J connectivity index is 2.64. The second-order valence-corrected chi connectivity index (χ2v) is 3.89. The number of carbonyl (C=O) groups is 2. The number of unbranched alkanes of at least 4 members (excludes halogenated alkanes) is 1. The lowest BCUT2D eigenvalue weighted by molar-refractivity contribution is -0.143. The maximum Gasteiger partial charge on any atom is 0.328 e. The summed E-state index contributed by atoms with van der Waals surface area (Å²) in [4.78, 5) is 27.3. The molecule has 0 aliphatic rings. The monoisotopic (exact) mass is 260 g/mol. The highest BCUT2D eigenvalue weighted by atomic mass is 16.5. The van der Waals surface area contributed by atoms with Crippen LogP contribution < -0.4 is 5.32 Å². The second-order valence-electron chi connectivity index (χ2n) is 3.89. The van der Waals surface area contributed by atoms with Gasteiger partial charge >= 0.3 is 5.97 Å². The lowest BCUT2D eigenvalue weighted by Crippen LogP contribution is -2.41. The molecule has 1 amide bonds. The molecular formula is C14H16N2O3. The van der Waals surface area contributed by atoms with Crippen molar-refractivity contribution in [2.45, 2.75) is 25.3 Å². The maximum atomic E-state index is 11.9. The van der Waals surface area contributed by atoms with Crippen molar-refractivity contribution in [1.82, 2.24) is 10.3 Å². The van der Waals surface area contributed by atoms with Crippen LogP contribution in [-0.2, 0) is 9.53 Å². The van der Waals surface area contributed by atoms with Gasteiger partial charge in [-0.15, -0.1) is 12.3 Å². The molecule has 1 aromatic heterocycles. The van der Waals surface area contributed by atoms with E-state index in [1.54, 1.807) is 18.3 Å². The van der Waals surface area contributed by atoms with E-state index in [0.29, 0.717) is 24.8 Å². The van der Waals surface area contributed by atoms with Gasteiger partial charge in [0.15, 0.2) is 0 Å². The number of ether oxygens (including phenoxy) is 1. The maximum absolute atomic E-state index is 11.9. The number of aromatic nitrogens is 1. The number of rotatable bonds is 6. The van der Waals surface area contributed by atoms with Crippen LogP contribution in [0.1, 0.15) is 29.6 Å². The molecule has 1 heterocycles. The molecule has 0 aliphatic carbocycles. The van der Waals surface area contributed by atoms with Crippen LogP contribution in [0.3, 0.4) is 0 Å². The van der Waals surface area contributed by atoms with Crippen molar-refractivity contribution < 1.29 is 14.3 Å². The molecule has 1 atom stereocenters. The Morgan fingerprint density at radius 1 is 1.58 bits per heavy atom. The molecule has 1 rings (SSSR count). The van der Waals surface area contributed by atoms with E-state index in [2.05, 4.69) is 21.0 Å². The number of amides is 1. The smallest absolute Gasteiger partial charge is 0.328 e.